The molecule has 4 nitrogen and oxygen atoms in total. The van der Waals surface area contributed by atoms with Crippen LogP contribution in [0.4, 0.5) is 0 Å². The van der Waals surface area contributed by atoms with Crippen molar-refractivity contribution in [3.8, 4) is 0 Å². The van der Waals surface area contributed by atoms with Crippen molar-refractivity contribution in [2.24, 2.45) is 5.73 Å². The van der Waals surface area contributed by atoms with Gasteiger partial charge in [0.15, 0.2) is 5.76 Å². The van der Waals surface area contributed by atoms with E-state index in [0.29, 0.717) is 12.6 Å². The highest BCUT2D eigenvalue weighted by molar-refractivity contribution is 5.89. The van der Waals surface area contributed by atoms with E-state index in [4.69, 9.17) is 10.2 Å². The quantitative estimate of drug-likeness (QED) is 0.786. The van der Waals surface area contributed by atoms with Crippen LogP contribution in [0, 0.1) is 0 Å². The number of nitrogens with two attached hydrogens (primary N) is 1. The molecule has 1 aliphatic rings. The Morgan fingerprint density at radius 2 is 2.20 bits per heavy atom. The first kappa shape index (κ1) is 10.2. The number of hydrogen-bond acceptors (Lipinski definition) is 3. The Hall–Kier alpha value is -1.29. The topological polar surface area (TPSA) is 68.3 Å². The fourth-order valence-electron chi connectivity index (χ4n) is 1.98. The maximum absolute atomic E-state index is 10.8. The van der Waals surface area contributed by atoms with E-state index in [9.17, 15) is 4.79 Å². The molecule has 1 aliphatic carbocycles. The SMILES string of the molecule is NC(=O)c1ccc(CNC2CCCC2)o1. The van der Waals surface area contributed by atoms with Crippen molar-refractivity contribution in [3.05, 3.63) is 23.7 Å². The molecule has 1 aromatic heterocycles. The maximum Gasteiger partial charge on any atom is 0.284 e. The van der Waals surface area contributed by atoms with Crippen LogP contribution in [0.25, 0.3) is 0 Å². The molecular formula is C11H16N2O2. The van der Waals surface area contributed by atoms with Gasteiger partial charge in [0, 0.05) is 6.04 Å². The predicted octanol–water partition coefficient (Wildman–Crippen LogP) is 1.41. The van der Waals surface area contributed by atoms with Crippen LogP contribution in [-0.2, 0) is 6.54 Å². The molecule has 0 unspecified atom stereocenters. The molecule has 1 amide bonds. The molecule has 3 N–H and O–H groups in total. The Kier molecular flexibility index (Phi) is 3.06. The number of hydrogen-bond donors (Lipinski definition) is 2. The van der Waals surface area contributed by atoms with Gasteiger partial charge in [0.05, 0.1) is 6.54 Å². The lowest BCUT2D eigenvalue weighted by Gasteiger charge is -2.09. The van der Waals surface area contributed by atoms with Gasteiger partial charge in [-0.3, -0.25) is 4.79 Å². The first-order chi connectivity index (χ1) is 7.25. The number of rotatable bonds is 4. The third-order valence-electron chi connectivity index (χ3n) is 2.82. The number of carbonyl (C=O) groups excluding carboxylic acids is 1. The van der Waals surface area contributed by atoms with Gasteiger partial charge in [-0.2, -0.15) is 0 Å². The van der Waals surface area contributed by atoms with Crippen molar-refractivity contribution in [2.75, 3.05) is 0 Å². The first-order valence-electron chi connectivity index (χ1n) is 5.37. The van der Waals surface area contributed by atoms with Crippen LogP contribution in [0.2, 0.25) is 0 Å². The summed E-state index contributed by atoms with van der Waals surface area (Å²) in [4.78, 5) is 10.8. The first-order valence-corrected chi connectivity index (χ1v) is 5.37. The Morgan fingerprint density at radius 3 is 2.80 bits per heavy atom. The zero-order valence-electron chi connectivity index (χ0n) is 8.66. The number of amides is 1. The maximum atomic E-state index is 10.8. The highest BCUT2D eigenvalue weighted by atomic mass is 16.3. The van der Waals surface area contributed by atoms with E-state index < -0.39 is 5.91 Å². The minimum atomic E-state index is -0.512. The monoisotopic (exact) mass is 208 g/mol. The molecule has 0 spiro atoms. The number of primary amides is 1. The smallest absolute Gasteiger partial charge is 0.284 e. The second-order valence-corrected chi connectivity index (χ2v) is 3.99. The average molecular weight is 208 g/mol. The van der Waals surface area contributed by atoms with Gasteiger partial charge in [-0.05, 0) is 25.0 Å². The summed E-state index contributed by atoms with van der Waals surface area (Å²) in [5.74, 6) is 0.496. The van der Waals surface area contributed by atoms with Gasteiger partial charge >= 0.3 is 0 Å². The van der Waals surface area contributed by atoms with Crippen molar-refractivity contribution in [2.45, 2.75) is 38.3 Å². The molecule has 0 bridgehead atoms. The Labute approximate surface area is 88.8 Å². The van der Waals surface area contributed by atoms with E-state index in [2.05, 4.69) is 5.32 Å². The summed E-state index contributed by atoms with van der Waals surface area (Å²) < 4.78 is 5.27. The van der Waals surface area contributed by atoms with Crippen molar-refractivity contribution in [1.29, 1.82) is 0 Å². The zero-order valence-corrected chi connectivity index (χ0v) is 8.66. The van der Waals surface area contributed by atoms with Crippen LogP contribution in [0.1, 0.15) is 42.0 Å². The molecule has 2 rings (SSSR count). The second-order valence-electron chi connectivity index (χ2n) is 3.99. The lowest BCUT2D eigenvalue weighted by atomic mass is 10.2. The molecule has 1 saturated carbocycles. The van der Waals surface area contributed by atoms with Gasteiger partial charge in [-0.15, -0.1) is 0 Å². The predicted molar refractivity (Wildman–Crippen MR) is 56.3 cm³/mol. The van der Waals surface area contributed by atoms with Crippen LogP contribution >= 0.6 is 0 Å². The number of carbonyl (C=O) groups is 1. The summed E-state index contributed by atoms with van der Waals surface area (Å²) >= 11 is 0. The molecular weight excluding hydrogens is 192 g/mol. The molecule has 0 atom stereocenters. The highest BCUT2D eigenvalue weighted by Gasteiger charge is 2.15. The molecule has 82 valence electrons. The van der Waals surface area contributed by atoms with Gasteiger partial charge in [-0.25, -0.2) is 0 Å². The molecule has 4 heteroatoms. The van der Waals surface area contributed by atoms with Gasteiger partial charge in [0.25, 0.3) is 5.91 Å². The Morgan fingerprint density at radius 1 is 1.47 bits per heavy atom. The van der Waals surface area contributed by atoms with Crippen molar-refractivity contribution in [3.63, 3.8) is 0 Å². The fraction of sp³-hybridized carbons (Fsp3) is 0.545. The standard InChI is InChI=1S/C11H16N2O2/c12-11(14)10-6-5-9(15-10)7-13-8-3-1-2-4-8/h5-6,8,13H,1-4,7H2,(H2,12,14). The number of furan rings is 1. The van der Waals surface area contributed by atoms with Crippen molar-refractivity contribution >= 4 is 5.91 Å². The van der Waals surface area contributed by atoms with Crippen LogP contribution in [-0.4, -0.2) is 11.9 Å². The van der Waals surface area contributed by atoms with E-state index in [0.717, 1.165) is 5.76 Å². The van der Waals surface area contributed by atoms with E-state index in [1.807, 2.05) is 0 Å². The summed E-state index contributed by atoms with van der Waals surface area (Å²) in [6, 6.07) is 4.02. The van der Waals surface area contributed by atoms with Crippen LogP contribution < -0.4 is 11.1 Å². The zero-order chi connectivity index (χ0) is 10.7. The van der Waals surface area contributed by atoms with E-state index >= 15 is 0 Å². The number of nitrogens with one attached hydrogen (secondary N) is 1. The molecule has 0 aromatic carbocycles. The summed E-state index contributed by atoms with van der Waals surface area (Å²) in [5, 5.41) is 3.40. The van der Waals surface area contributed by atoms with Crippen LogP contribution in [0.3, 0.4) is 0 Å². The highest BCUT2D eigenvalue weighted by Crippen LogP contribution is 2.18. The molecule has 0 aliphatic heterocycles. The molecule has 1 fully saturated rings. The summed E-state index contributed by atoms with van der Waals surface area (Å²) in [7, 11) is 0. The summed E-state index contributed by atoms with van der Waals surface area (Å²) in [6.07, 6.45) is 5.09. The largest absolute Gasteiger partial charge is 0.455 e. The lowest BCUT2D eigenvalue weighted by Crippen LogP contribution is -2.25. The molecule has 15 heavy (non-hydrogen) atoms. The van der Waals surface area contributed by atoms with Gasteiger partial charge in [0.2, 0.25) is 0 Å². The average Bonchev–Trinajstić information content (AvgIpc) is 2.86. The van der Waals surface area contributed by atoms with E-state index in [-0.39, 0.29) is 5.76 Å². The van der Waals surface area contributed by atoms with Crippen molar-refractivity contribution < 1.29 is 9.21 Å². The van der Waals surface area contributed by atoms with Gasteiger partial charge in [0.1, 0.15) is 5.76 Å². The Balaban J connectivity index is 1.84. The normalized spacial score (nSPS) is 17.1. The minimum absolute atomic E-state index is 0.234. The minimum Gasteiger partial charge on any atom is -0.455 e. The lowest BCUT2D eigenvalue weighted by molar-refractivity contribution is 0.0972. The Bertz CT molecular complexity index is 340. The molecule has 0 radical (unpaired) electrons. The fourth-order valence-corrected chi connectivity index (χ4v) is 1.98. The van der Waals surface area contributed by atoms with E-state index in [1.165, 1.54) is 25.7 Å². The van der Waals surface area contributed by atoms with Crippen LogP contribution in [0.5, 0.6) is 0 Å². The van der Waals surface area contributed by atoms with Gasteiger partial charge in [-0.1, -0.05) is 12.8 Å². The third kappa shape index (κ3) is 2.59. The molecule has 0 saturated heterocycles. The molecule has 1 heterocycles. The summed E-state index contributed by atoms with van der Waals surface area (Å²) in [6.45, 7) is 0.679. The van der Waals surface area contributed by atoms with E-state index in [1.54, 1.807) is 12.1 Å². The molecule has 1 aromatic rings. The summed E-state index contributed by atoms with van der Waals surface area (Å²) in [5.41, 5.74) is 5.09. The van der Waals surface area contributed by atoms with Crippen molar-refractivity contribution in [1.82, 2.24) is 5.32 Å². The van der Waals surface area contributed by atoms with Gasteiger partial charge < -0.3 is 15.5 Å². The second kappa shape index (κ2) is 4.49. The van der Waals surface area contributed by atoms with Crippen LogP contribution in [0.15, 0.2) is 16.5 Å². The third-order valence-corrected chi connectivity index (χ3v) is 2.82.